The molecule has 1 heterocycles. The largest absolute Gasteiger partial charge is 0.348 e. The third-order valence-electron chi connectivity index (χ3n) is 5.54. The Bertz CT molecular complexity index is 1290. The van der Waals surface area contributed by atoms with E-state index in [-0.39, 0.29) is 28.9 Å². The number of nitrogens with one attached hydrogen (secondary N) is 2. The summed E-state index contributed by atoms with van der Waals surface area (Å²) in [6.45, 7) is 1.77. The van der Waals surface area contributed by atoms with E-state index >= 15 is 0 Å². The van der Waals surface area contributed by atoms with Crippen LogP contribution in [0, 0.1) is 5.82 Å². The number of sulfonamides is 1. The quantitative estimate of drug-likeness (QED) is 0.537. The minimum Gasteiger partial charge on any atom is -0.348 e. The number of likely N-dealkylation sites (tertiary alicyclic amines) is 1. The number of hydrogen-bond donors (Lipinski definition) is 2. The molecule has 9 heteroatoms. The molecule has 34 heavy (non-hydrogen) atoms. The lowest BCUT2D eigenvalue weighted by Crippen LogP contribution is -2.28. The molecule has 0 spiro atoms. The molecule has 1 fully saturated rings. The maximum atomic E-state index is 13.0. The highest BCUT2D eigenvalue weighted by molar-refractivity contribution is 7.92. The van der Waals surface area contributed by atoms with E-state index in [1.54, 1.807) is 18.2 Å². The van der Waals surface area contributed by atoms with E-state index in [4.69, 9.17) is 0 Å². The molecular formula is C25H24FN3O4S. The third kappa shape index (κ3) is 5.60. The summed E-state index contributed by atoms with van der Waals surface area (Å²) >= 11 is 0. The molecule has 0 aromatic heterocycles. The van der Waals surface area contributed by atoms with Gasteiger partial charge in [-0.3, -0.25) is 14.3 Å². The number of amides is 2. The lowest BCUT2D eigenvalue weighted by molar-refractivity contribution is 0.0792. The van der Waals surface area contributed by atoms with Gasteiger partial charge < -0.3 is 10.2 Å². The SMILES string of the molecule is O=C(NCc1cccc(C(=O)N2CCCC2)c1)c1ccc(S(=O)(=O)Nc2ccc(F)cc2)cc1. The van der Waals surface area contributed by atoms with Crippen LogP contribution in [-0.4, -0.2) is 38.2 Å². The Hall–Kier alpha value is -3.72. The van der Waals surface area contributed by atoms with Crippen LogP contribution in [0.25, 0.3) is 0 Å². The molecule has 7 nitrogen and oxygen atoms in total. The molecule has 2 amide bonds. The zero-order valence-corrected chi connectivity index (χ0v) is 19.1. The molecule has 176 valence electrons. The van der Waals surface area contributed by atoms with Crippen LogP contribution in [0.4, 0.5) is 10.1 Å². The molecule has 1 aliphatic rings. The van der Waals surface area contributed by atoms with E-state index in [2.05, 4.69) is 10.0 Å². The summed E-state index contributed by atoms with van der Waals surface area (Å²) in [4.78, 5) is 26.9. The van der Waals surface area contributed by atoms with Crippen LogP contribution in [0.5, 0.6) is 0 Å². The zero-order valence-electron chi connectivity index (χ0n) is 18.3. The molecule has 0 bridgehead atoms. The van der Waals surface area contributed by atoms with Crippen LogP contribution in [0.1, 0.15) is 39.1 Å². The van der Waals surface area contributed by atoms with Crippen LogP contribution in [-0.2, 0) is 16.6 Å². The molecule has 4 rings (SSSR count). The summed E-state index contributed by atoms with van der Waals surface area (Å²) < 4.78 is 40.4. The number of carbonyl (C=O) groups excluding carboxylic acids is 2. The van der Waals surface area contributed by atoms with Crippen LogP contribution in [0.3, 0.4) is 0 Å². The number of rotatable bonds is 7. The van der Waals surface area contributed by atoms with Gasteiger partial charge in [0.15, 0.2) is 0 Å². The van der Waals surface area contributed by atoms with Crippen molar-refractivity contribution in [1.29, 1.82) is 0 Å². The standard InChI is InChI=1S/C25H24FN3O4S/c26-21-8-10-22(11-9-21)28-34(32,33)23-12-6-19(7-13-23)24(30)27-17-18-4-3-5-20(16-18)25(31)29-14-1-2-15-29/h3-13,16,28H,1-2,14-15,17H2,(H,27,30). The Morgan fingerprint density at radius 3 is 2.24 bits per heavy atom. The van der Waals surface area contributed by atoms with E-state index < -0.39 is 15.8 Å². The van der Waals surface area contributed by atoms with E-state index in [0.29, 0.717) is 11.1 Å². The highest BCUT2D eigenvalue weighted by Gasteiger charge is 2.20. The van der Waals surface area contributed by atoms with Crippen molar-refractivity contribution in [2.24, 2.45) is 0 Å². The first-order valence-corrected chi connectivity index (χ1v) is 12.3. The highest BCUT2D eigenvalue weighted by atomic mass is 32.2. The first kappa shape index (κ1) is 23.4. The van der Waals surface area contributed by atoms with Gasteiger partial charge in [0, 0.05) is 36.4 Å². The van der Waals surface area contributed by atoms with Gasteiger partial charge in [-0.05, 0) is 79.1 Å². The summed E-state index contributed by atoms with van der Waals surface area (Å²) in [7, 11) is -3.88. The molecule has 3 aromatic carbocycles. The van der Waals surface area contributed by atoms with Crippen LogP contribution >= 0.6 is 0 Å². The number of hydrogen-bond acceptors (Lipinski definition) is 4. The smallest absolute Gasteiger partial charge is 0.261 e. The third-order valence-corrected chi connectivity index (χ3v) is 6.94. The molecule has 1 aliphatic heterocycles. The number of nitrogens with zero attached hydrogens (tertiary/aromatic N) is 1. The van der Waals surface area contributed by atoms with E-state index in [1.807, 2.05) is 11.0 Å². The lowest BCUT2D eigenvalue weighted by Gasteiger charge is -2.15. The summed E-state index contributed by atoms with van der Waals surface area (Å²) in [5, 5.41) is 2.79. The van der Waals surface area contributed by atoms with Gasteiger partial charge in [0.2, 0.25) is 0 Å². The number of benzene rings is 3. The Morgan fingerprint density at radius 2 is 1.56 bits per heavy atom. The maximum absolute atomic E-state index is 13.0. The first-order valence-electron chi connectivity index (χ1n) is 10.9. The summed E-state index contributed by atoms with van der Waals surface area (Å²) in [6.07, 6.45) is 2.04. The second kappa shape index (κ2) is 10.0. The Balaban J connectivity index is 1.37. The monoisotopic (exact) mass is 481 g/mol. The summed E-state index contributed by atoms with van der Waals surface area (Å²) in [5.41, 5.74) is 1.91. The second-order valence-electron chi connectivity index (χ2n) is 8.02. The number of carbonyl (C=O) groups is 2. The van der Waals surface area contributed by atoms with Gasteiger partial charge in [-0.1, -0.05) is 12.1 Å². The van der Waals surface area contributed by atoms with Crippen LogP contribution < -0.4 is 10.0 Å². The van der Waals surface area contributed by atoms with Gasteiger partial charge in [0.25, 0.3) is 21.8 Å². The van der Waals surface area contributed by atoms with Crippen molar-refractivity contribution >= 4 is 27.5 Å². The van der Waals surface area contributed by atoms with Crippen molar-refractivity contribution in [3.05, 3.63) is 95.3 Å². The predicted molar refractivity (Wildman–Crippen MR) is 126 cm³/mol. The molecule has 1 saturated heterocycles. The maximum Gasteiger partial charge on any atom is 0.261 e. The molecular weight excluding hydrogens is 457 g/mol. The molecule has 2 N–H and O–H groups in total. The normalized spacial score (nSPS) is 13.5. The van der Waals surface area contributed by atoms with Crippen molar-refractivity contribution in [3.8, 4) is 0 Å². The van der Waals surface area contributed by atoms with Gasteiger partial charge in [0.1, 0.15) is 5.82 Å². The second-order valence-corrected chi connectivity index (χ2v) is 9.70. The average Bonchev–Trinajstić information content (AvgIpc) is 3.39. The van der Waals surface area contributed by atoms with Crippen molar-refractivity contribution in [1.82, 2.24) is 10.2 Å². The van der Waals surface area contributed by atoms with E-state index in [1.165, 1.54) is 36.4 Å². The average molecular weight is 482 g/mol. The predicted octanol–water partition coefficient (Wildman–Crippen LogP) is 3.79. The number of halogens is 1. The molecule has 0 saturated carbocycles. The zero-order chi connectivity index (χ0) is 24.1. The minimum atomic E-state index is -3.88. The van der Waals surface area contributed by atoms with Gasteiger partial charge >= 0.3 is 0 Å². The van der Waals surface area contributed by atoms with Crippen molar-refractivity contribution in [2.45, 2.75) is 24.3 Å². The van der Waals surface area contributed by atoms with Gasteiger partial charge in [-0.15, -0.1) is 0 Å². The Kier molecular flexibility index (Phi) is 6.93. The Morgan fingerprint density at radius 1 is 0.882 bits per heavy atom. The van der Waals surface area contributed by atoms with Gasteiger partial charge in [-0.25, -0.2) is 12.8 Å². The Labute approximate surface area is 197 Å². The fourth-order valence-electron chi connectivity index (χ4n) is 3.72. The van der Waals surface area contributed by atoms with Crippen molar-refractivity contribution in [2.75, 3.05) is 17.8 Å². The molecule has 3 aromatic rings. The first-order chi connectivity index (χ1) is 16.3. The molecule has 0 aliphatic carbocycles. The minimum absolute atomic E-state index is 0.00304. The van der Waals surface area contributed by atoms with Gasteiger partial charge in [0.05, 0.1) is 4.90 Å². The van der Waals surface area contributed by atoms with Crippen molar-refractivity contribution < 1.29 is 22.4 Å². The van der Waals surface area contributed by atoms with E-state index in [0.717, 1.165) is 43.6 Å². The number of anilines is 1. The summed E-state index contributed by atoms with van der Waals surface area (Å²) in [5.74, 6) is -0.841. The highest BCUT2D eigenvalue weighted by Crippen LogP contribution is 2.18. The summed E-state index contributed by atoms with van der Waals surface area (Å²) in [6, 6.07) is 17.6. The molecule has 0 atom stereocenters. The fraction of sp³-hybridized carbons (Fsp3) is 0.200. The van der Waals surface area contributed by atoms with Gasteiger partial charge in [-0.2, -0.15) is 0 Å². The van der Waals surface area contributed by atoms with Crippen LogP contribution in [0.15, 0.2) is 77.7 Å². The molecule has 0 radical (unpaired) electrons. The van der Waals surface area contributed by atoms with E-state index in [9.17, 15) is 22.4 Å². The molecule has 0 unspecified atom stereocenters. The van der Waals surface area contributed by atoms with Crippen LogP contribution in [0.2, 0.25) is 0 Å². The van der Waals surface area contributed by atoms with Crippen molar-refractivity contribution in [3.63, 3.8) is 0 Å². The topological polar surface area (TPSA) is 95.6 Å². The fourth-order valence-corrected chi connectivity index (χ4v) is 4.78. The lowest BCUT2D eigenvalue weighted by atomic mass is 10.1.